The predicted molar refractivity (Wildman–Crippen MR) is 614 cm³/mol. The van der Waals surface area contributed by atoms with E-state index < -0.39 is 0 Å². The molecule has 0 aliphatic heterocycles. The molecule has 0 saturated carbocycles. The SMILES string of the molecule is c1ccc(-c2nc(-c3ccc(-n4c5ccccc5c5cc6c7ccccc7n(-c7ccccn7)c6cc54)c4ccccc34)nc3ccccc23)cc1.c1ccc(-c2nc(-c3ccc(-n4c5ccccc5c5cc6c7ccccc7n(-c7ccccn7)c6cc54)cc3)nc3ccccc23)cc1.c1ccc(-c2nc(-c3ccccc3)nc(-c3cccc(-n4c5ccccc5c5cc6c7ccccc7n(-c7ccccc7)c6cc54)n3)n2)cc1. The molecule has 0 aliphatic carbocycles. The monoisotopic (exact) mass is 1920 g/mol. The van der Waals surface area contributed by atoms with Gasteiger partial charge in [-0.1, -0.05) is 328 Å². The molecule has 0 N–H and O–H groups in total. The van der Waals surface area contributed by atoms with E-state index in [2.05, 4.69) is 397 Å². The van der Waals surface area contributed by atoms with Crippen LogP contribution in [0, 0.1) is 0 Å². The Hall–Kier alpha value is -20.6. The molecule has 0 spiro atoms. The lowest BCUT2D eigenvalue weighted by Crippen LogP contribution is -2.03. The van der Waals surface area contributed by atoms with Gasteiger partial charge in [-0.15, -0.1) is 0 Å². The molecule has 0 fully saturated rings. The van der Waals surface area contributed by atoms with Gasteiger partial charge in [0.2, 0.25) is 0 Å². The minimum Gasteiger partial charge on any atom is -0.309 e. The van der Waals surface area contributed by atoms with Crippen LogP contribution in [-0.4, -0.2) is 77.2 Å². The van der Waals surface area contributed by atoms with E-state index in [1.54, 1.807) is 0 Å². The molecule has 19 aromatic carbocycles. The van der Waals surface area contributed by atoms with Crippen LogP contribution in [0.4, 0.5) is 0 Å². The molecule has 16 nitrogen and oxygen atoms in total. The van der Waals surface area contributed by atoms with E-state index in [9.17, 15) is 0 Å². The fourth-order valence-electron chi connectivity index (χ4n) is 22.5. The van der Waals surface area contributed by atoms with Crippen LogP contribution in [0.1, 0.15) is 0 Å². The number of fused-ring (bicyclic) bond motifs is 21. The maximum absolute atomic E-state index is 5.26. The third kappa shape index (κ3) is 14.4. The lowest BCUT2D eigenvalue weighted by molar-refractivity contribution is 1.03. The number of hydrogen-bond donors (Lipinski definition) is 0. The molecule has 0 bridgehead atoms. The topological polar surface area (TPSA) is 158 Å². The molecule has 0 saturated heterocycles. The van der Waals surface area contributed by atoms with Crippen LogP contribution in [0.15, 0.2) is 510 Å². The molecule has 0 aliphatic rings. The number of rotatable bonds is 13. The number of aromatic nitrogens is 16. The zero-order chi connectivity index (χ0) is 98.8. The Labute approximate surface area is 858 Å². The normalized spacial score (nSPS) is 11.7. The highest BCUT2D eigenvalue weighted by molar-refractivity contribution is 6.23. The number of pyridine rings is 3. The zero-order valence-electron chi connectivity index (χ0n) is 80.7. The van der Waals surface area contributed by atoms with E-state index in [0.29, 0.717) is 34.8 Å². The minimum absolute atomic E-state index is 0.520. The summed E-state index contributed by atoms with van der Waals surface area (Å²) in [6.45, 7) is 0. The summed E-state index contributed by atoms with van der Waals surface area (Å²) in [5.41, 5.74) is 27.3. The Bertz CT molecular complexity index is 10700. The molecule has 31 aromatic rings. The Morgan fingerprint density at radius 2 is 0.453 bits per heavy atom. The fraction of sp³-hybridized carbons (Fsp3) is 0. The second-order valence-corrected chi connectivity index (χ2v) is 37.7. The summed E-state index contributed by atoms with van der Waals surface area (Å²) < 4.78 is 14.0. The first-order valence-corrected chi connectivity index (χ1v) is 50.3. The van der Waals surface area contributed by atoms with Gasteiger partial charge in [0.1, 0.15) is 23.1 Å². The summed E-state index contributed by atoms with van der Waals surface area (Å²) in [6, 6.07) is 174. The number of para-hydroxylation sites is 9. The highest BCUT2D eigenvalue weighted by atomic mass is 15.1. The van der Waals surface area contributed by atoms with E-state index in [1.165, 1.54) is 70.2 Å². The van der Waals surface area contributed by atoms with Crippen molar-refractivity contribution >= 4 is 163 Å². The lowest BCUT2D eigenvalue weighted by atomic mass is 10.0. The van der Waals surface area contributed by atoms with Gasteiger partial charge in [0.25, 0.3) is 0 Å². The van der Waals surface area contributed by atoms with Crippen molar-refractivity contribution in [1.82, 2.24) is 77.2 Å². The summed E-state index contributed by atoms with van der Waals surface area (Å²) in [5, 5.41) is 18.8. The quantitative estimate of drug-likeness (QED) is 0.109. The van der Waals surface area contributed by atoms with E-state index in [1.807, 2.05) is 140 Å². The van der Waals surface area contributed by atoms with Crippen LogP contribution in [0.5, 0.6) is 0 Å². The summed E-state index contributed by atoms with van der Waals surface area (Å²) in [4.78, 5) is 50.1. The van der Waals surface area contributed by atoms with Crippen molar-refractivity contribution in [2.75, 3.05) is 0 Å². The highest BCUT2D eigenvalue weighted by Crippen LogP contribution is 2.47. The van der Waals surface area contributed by atoms with Crippen molar-refractivity contribution in [3.05, 3.63) is 510 Å². The van der Waals surface area contributed by atoms with E-state index in [-0.39, 0.29) is 0 Å². The number of hydrogen-bond acceptors (Lipinski definition) is 10. The van der Waals surface area contributed by atoms with Gasteiger partial charge in [-0.25, -0.2) is 49.8 Å². The first-order valence-electron chi connectivity index (χ1n) is 50.3. The number of benzene rings is 19. The predicted octanol–water partition coefficient (Wildman–Crippen LogP) is 32.7. The van der Waals surface area contributed by atoms with Crippen molar-refractivity contribution in [3.63, 3.8) is 0 Å². The van der Waals surface area contributed by atoms with Crippen LogP contribution >= 0.6 is 0 Å². The fourth-order valence-corrected chi connectivity index (χ4v) is 22.5. The van der Waals surface area contributed by atoms with Crippen molar-refractivity contribution in [2.24, 2.45) is 0 Å². The lowest BCUT2D eigenvalue weighted by Gasteiger charge is -2.15. The maximum Gasteiger partial charge on any atom is 0.182 e. The third-order valence-corrected chi connectivity index (χ3v) is 29.1. The molecule has 700 valence electrons. The van der Waals surface area contributed by atoms with Gasteiger partial charge < -0.3 is 13.7 Å². The molecule has 0 atom stereocenters. The van der Waals surface area contributed by atoms with Crippen LogP contribution in [0.3, 0.4) is 0 Å². The molecular weight excluding hydrogens is 1830 g/mol. The second kappa shape index (κ2) is 35.8. The van der Waals surface area contributed by atoms with Crippen molar-refractivity contribution in [2.45, 2.75) is 0 Å². The summed E-state index contributed by atoms with van der Waals surface area (Å²) in [6.07, 6.45) is 3.72. The molecule has 0 unspecified atom stereocenters. The summed E-state index contributed by atoms with van der Waals surface area (Å²) >= 11 is 0. The van der Waals surface area contributed by atoms with Crippen molar-refractivity contribution < 1.29 is 0 Å². The Morgan fingerprint density at radius 1 is 0.147 bits per heavy atom. The van der Waals surface area contributed by atoms with Crippen LogP contribution in [-0.2, 0) is 0 Å². The first-order chi connectivity index (χ1) is 74.4. The maximum atomic E-state index is 5.26. The van der Waals surface area contributed by atoms with Gasteiger partial charge in [-0.05, 0) is 175 Å². The van der Waals surface area contributed by atoms with E-state index in [4.69, 9.17) is 49.8 Å². The van der Waals surface area contributed by atoms with Crippen LogP contribution in [0.25, 0.3) is 278 Å². The zero-order valence-corrected chi connectivity index (χ0v) is 80.7. The Morgan fingerprint density at radius 3 is 0.887 bits per heavy atom. The summed E-state index contributed by atoms with van der Waals surface area (Å²) in [5.74, 6) is 5.75. The molecule has 12 heterocycles. The molecule has 0 amide bonds. The van der Waals surface area contributed by atoms with Crippen molar-refractivity contribution in [1.29, 1.82) is 0 Å². The minimum atomic E-state index is 0.520. The molecule has 0 radical (unpaired) electrons. The van der Waals surface area contributed by atoms with Gasteiger partial charge >= 0.3 is 0 Å². The van der Waals surface area contributed by atoms with Gasteiger partial charge in [0, 0.05) is 138 Å². The highest BCUT2D eigenvalue weighted by Gasteiger charge is 2.28. The van der Waals surface area contributed by atoms with Gasteiger partial charge in [-0.3, -0.25) is 13.7 Å². The largest absolute Gasteiger partial charge is 0.309 e. The van der Waals surface area contributed by atoms with Crippen molar-refractivity contribution in [3.8, 4) is 114 Å². The third-order valence-electron chi connectivity index (χ3n) is 29.1. The van der Waals surface area contributed by atoms with Crippen LogP contribution < -0.4 is 0 Å². The molecule has 16 heteroatoms. The van der Waals surface area contributed by atoms with E-state index in [0.717, 1.165) is 173 Å². The Balaban J connectivity index is 0.000000106. The van der Waals surface area contributed by atoms with Gasteiger partial charge in [0.05, 0.1) is 94.3 Å². The average Bonchev–Trinajstić information content (AvgIpc) is 1.58. The van der Waals surface area contributed by atoms with Crippen LogP contribution in [0.2, 0.25) is 0 Å². The first kappa shape index (κ1) is 86.1. The van der Waals surface area contributed by atoms with Gasteiger partial charge in [-0.2, -0.15) is 0 Å². The van der Waals surface area contributed by atoms with Gasteiger partial charge in [0.15, 0.2) is 29.1 Å². The molecular formula is C134H84N16. The molecule has 31 rings (SSSR count). The van der Waals surface area contributed by atoms with E-state index >= 15 is 0 Å². The second-order valence-electron chi connectivity index (χ2n) is 37.7. The smallest absolute Gasteiger partial charge is 0.182 e. The molecule has 12 aromatic heterocycles. The average molecular weight is 1920 g/mol. The number of nitrogens with zero attached hydrogens (tertiary/aromatic N) is 16. The Kier molecular flexibility index (Phi) is 20.5. The summed E-state index contributed by atoms with van der Waals surface area (Å²) in [7, 11) is 0. The standard InChI is InChI=1S/C47H29N5.C44H28N6.C43H27N5/c1-2-14-30(15-3-1)46-36-20-6-9-21-39(36)49-47(50-46)35-25-26-42(32-17-5-4-16-31(32)35)51-40-22-10-7-18-33(40)37-28-38-34-19-8-11-23-41(34)52(44(38)29-43(37)51)45-24-12-13-27-48-45;1-4-15-29(16-5-1)42-46-43(30-17-6-2-7-18-30)48-44(47-42)36-23-14-26-41(45-36)50-38-25-13-11-22-33(38)35-27-34-32-21-10-12-24-37(32)49(39(34)28-40(35)50)31-19-8-3-9-20-31;1-2-12-28(13-3-1)42-33-16-4-7-17-36(33)45-43(46-42)29-21-23-30(24-22-29)47-37-18-8-5-14-31(37)34-26-35-32-15-6-9-19-38(32)48(40(35)27-39(34)47)41-20-10-11-25-44-41/h1-29H;1-28H;1-27H. The molecule has 150 heavy (non-hydrogen) atoms.